The lowest BCUT2D eigenvalue weighted by atomic mass is 9.92. The van der Waals surface area contributed by atoms with Gasteiger partial charge in [0.15, 0.2) is 0 Å². The molecule has 0 saturated carbocycles. The Balaban J connectivity index is 2.38. The quantitative estimate of drug-likeness (QED) is 0.631. The third-order valence-corrected chi connectivity index (χ3v) is 3.18. The number of anilines is 2. The van der Waals surface area contributed by atoms with Crippen molar-refractivity contribution in [2.24, 2.45) is 11.8 Å². The fraction of sp³-hybridized carbons (Fsp3) is 0.636. The molecule has 2 atom stereocenters. The van der Waals surface area contributed by atoms with Crippen molar-refractivity contribution in [3.8, 4) is 0 Å². The highest BCUT2D eigenvalue weighted by Gasteiger charge is 2.30. The van der Waals surface area contributed by atoms with E-state index >= 15 is 0 Å². The maximum Gasteiger partial charge on any atom is 0.353 e. The summed E-state index contributed by atoms with van der Waals surface area (Å²) in [7, 11) is 0. The van der Waals surface area contributed by atoms with Gasteiger partial charge >= 0.3 is 5.69 Å². The average molecular weight is 251 g/mol. The van der Waals surface area contributed by atoms with E-state index in [0.717, 1.165) is 19.5 Å². The van der Waals surface area contributed by atoms with Crippen molar-refractivity contribution in [3.63, 3.8) is 0 Å². The van der Waals surface area contributed by atoms with Gasteiger partial charge in [-0.1, -0.05) is 13.8 Å². The molecule has 98 valence electrons. The van der Waals surface area contributed by atoms with Gasteiger partial charge in [-0.2, -0.15) is 0 Å². The van der Waals surface area contributed by atoms with Crippen molar-refractivity contribution in [1.82, 2.24) is 9.97 Å². The van der Waals surface area contributed by atoms with Gasteiger partial charge in [0.05, 0.1) is 4.92 Å². The fourth-order valence-corrected chi connectivity index (χ4v) is 2.63. The first kappa shape index (κ1) is 12.5. The maximum atomic E-state index is 11.1. The van der Waals surface area contributed by atoms with Crippen molar-refractivity contribution in [3.05, 3.63) is 16.4 Å². The minimum absolute atomic E-state index is 0.0733. The first-order valence-corrected chi connectivity index (χ1v) is 5.98. The van der Waals surface area contributed by atoms with E-state index in [9.17, 15) is 10.1 Å². The number of piperidine rings is 1. The molecule has 1 saturated heterocycles. The van der Waals surface area contributed by atoms with Gasteiger partial charge < -0.3 is 10.6 Å². The van der Waals surface area contributed by atoms with Gasteiger partial charge in [-0.15, -0.1) is 0 Å². The van der Waals surface area contributed by atoms with Crippen LogP contribution in [-0.2, 0) is 0 Å². The van der Waals surface area contributed by atoms with Crippen LogP contribution in [0, 0.1) is 22.0 Å². The van der Waals surface area contributed by atoms with Crippen molar-refractivity contribution in [2.75, 3.05) is 23.7 Å². The molecule has 1 aromatic heterocycles. The molecule has 2 heterocycles. The molecule has 0 radical (unpaired) electrons. The molecule has 0 aliphatic carbocycles. The molecule has 18 heavy (non-hydrogen) atoms. The smallest absolute Gasteiger partial charge is 0.353 e. The summed E-state index contributed by atoms with van der Waals surface area (Å²) >= 11 is 0. The number of hydrogen-bond donors (Lipinski definition) is 1. The number of nitrogen functional groups attached to an aromatic ring is 1. The Kier molecular flexibility index (Phi) is 3.31. The van der Waals surface area contributed by atoms with E-state index in [0.29, 0.717) is 17.7 Å². The van der Waals surface area contributed by atoms with E-state index in [-0.39, 0.29) is 11.5 Å². The van der Waals surface area contributed by atoms with Crippen LogP contribution in [0.3, 0.4) is 0 Å². The molecule has 7 heteroatoms. The van der Waals surface area contributed by atoms with E-state index < -0.39 is 4.92 Å². The SMILES string of the molecule is C[C@@H]1C[C@H](C)CN(c2ncnc(N)c2[N+](=O)[O-])C1. The summed E-state index contributed by atoms with van der Waals surface area (Å²) in [4.78, 5) is 20.2. The van der Waals surface area contributed by atoms with Gasteiger partial charge in [0.2, 0.25) is 11.6 Å². The second-order valence-corrected chi connectivity index (χ2v) is 5.04. The number of rotatable bonds is 2. The van der Waals surface area contributed by atoms with Crippen molar-refractivity contribution in [2.45, 2.75) is 20.3 Å². The van der Waals surface area contributed by atoms with Crippen LogP contribution in [0.4, 0.5) is 17.3 Å². The average Bonchev–Trinajstić information content (AvgIpc) is 2.26. The van der Waals surface area contributed by atoms with Gasteiger partial charge in [-0.25, -0.2) is 9.97 Å². The zero-order chi connectivity index (χ0) is 13.3. The molecule has 0 bridgehead atoms. The highest BCUT2D eigenvalue weighted by molar-refractivity contribution is 5.68. The molecular formula is C11H17N5O2. The molecule has 1 aromatic rings. The Morgan fingerprint density at radius 1 is 1.39 bits per heavy atom. The summed E-state index contributed by atoms with van der Waals surface area (Å²) in [6.45, 7) is 5.81. The summed E-state index contributed by atoms with van der Waals surface area (Å²) in [5.41, 5.74) is 5.40. The normalized spacial score (nSPS) is 24.0. The predicted molar refractivity (Wildman–Crippen MR) is 68.3 cm³/mol. The predicted octanol–water partition coefficient (Wildman–Crippen LogP) is 1.45. The Morgan fingerprint density at radius 2 is 2.00 bits per heavy atom. The number of aromatic nitrogens is 2. The van der Waals surface area contributed by atoms with E-state index in [4.69, 9.17) is 5.73 Å². The van der Waals surface area contributed by atoms with Gasteiger partial charge in [0.1, 0.15) is 6.33 Å². The molecule has 2 rings (SSSR count). The van der Waals surface area contributed by atoms with Crippen molar-refractivity contribution >= 4 is 17.3 Å². The van der Waals surface area contributed by atoms with E-state index in [2.05, 4.69) is 23.8 Å². The van der Waals surface area contributed by atoms with Crippen molar-refractivity contribution in [1.29, 1.82) is 0 Å². The number of nitro groups is 1. The molecule has 0 unspecified atom stereocenters. The molecule has 1 fully saturated rings. The first-order chi connectivity index (χ1) is 8.49. The second kappa shape index (κ2) is 4.75. The van der Waals surface area contributed by atoms with Gasteiger partial charge in [0, 0.05) is 13.1 Å². The topological polar surface area (TPSA) is 98.2 Å². The molecule has 2 N–H and O–H groups in total. The van der Waals surface area contributed by atoms with Gasteiger partial charge in [0.25, 0.3) is 0 Å². The van der Waals surface area contributed by atoms with Crippen LogP contribution in [0.2, 0.25) is 0 Å². The standard InChI is InChI=1S/C11H17N5O2/c1-7-3-8(2)5-15(4-7)11-9(16(17)18)10(12)13-6-14-11/h6-8H,3-5H2,1-2H3,(H2,12,13,14)/t7-,8+. The van der Waals surface area contributed by atoms with Crippen molar-refractivity contribution < 1.29 is 4.92 Å². The highest BCUT2D eigenvalue weighted by Crippen LogP contribution is 2.33. The van der Waals surface area contributed by atoms with Gasteiger partial charge in [-0.05, 0) is 18.3 Å². The lowest BCUT2D eigenvalue weighted by Gasteiger charge is -2.35. The Morgan fingerprint density at radius 3 is 2.56 bits per heavy atom. The third-order valence-electron chi connectivity index (χ3n) is 3.18. The number of nitrogens with zero attached hydrogens (tertiary/aromatic N) is 4. The first-order valence-electron chi connectivity index (χ1n) is 5.98. The molecular weight excluding hydrogens is 234 g/mol. The van der Waals surface area contributed by atoms with E-state index in [1.807, 2.05) is 4.90 Å². The zero-order valence-electron chi connectivity index (χ0n) is 10.5. The lowest BCUT2D eigenvalue weighted by molar-refractivity contribution is -0.383. The van der Waals surface area contributed by atoms with Crippen LogP contribution >= 0.6 is 0 Å². The second-order valence-electron chi connectivity index (χ2n) is 5.04. The largest absolute Gasteiger partial charge is 0.378 e. The zero-order valence-corrected chi connectivity index (χ0v) is 10.5. The van der Waals surface area contributed by atoms with Crippen LogP contribution in [0.1, 0.15) is 20.3 Å². The Hall–Kier alpha value is -1.92. The summed E-state index contributed by atoms with van der Waals surface area (Å²) < 4.78 is 0. The van der Waals surface area contributed by atoms with E-state index in [1.165, 1.54) is 6.33 Å². The van der Waals surface area contributed by atoms with Crippen LogP contribution < -0.4 is 10.6 Å². The van der Waals surface area contributed by atoms with Crippen LogP contribution in [0.15, 0.2) is 6.33 Å². The summed E-state index contributed by atoms with van der Waals surface area (Å²) in [6.07, 6.45) is 2.41. The molecule has 7 nitrogen and oxygen atoms in total. The maximum absolute atomic E-state index is 11.1. The summed E-state index contributed by atoms with van der Waals surface area (Å²) in [5, 5.41) is 11.1. The highest BCUT2D eigenvalue weighted by atomic mass is 16.6. The fourth-order valence-electron chi connectivity index (χ4n) is 2.63. The van der Waals surface area contributed by atoms with Crippen LogP contribution in [0.25, 0.3) is 0 Å². The number of nitrogens with two attached hydrogens (primary N) is 1. The summed E-state index contributed by atoms with van der Waals surface area (Å²) in [5.74, 6) is 1.25. The minimum atomic E-state index is -0.505. The van der Waals surface area contributed by atoms with Crippen LogP contribution in [0.5, 0.6) is 0 Å². The summed E-state index contributed by atoms with van der Waals surface area (Å²) in [6, 6.07) is 0. The van der Waals surface area contributed by atoms with Gasteiger partial charge in [-0.3, -0.25) is 10.1 Å². The molecule has 0 spiro atoms. The number of hydrogen-bond acceptors (Lipinski definition) is 6. The monoisotopic (exact) mass is 251 g/mol. The van der Waals surface area contributed by atoms with Crippen LogP contribution in [-0.4, -0.2) is 28.0 Å². The Labute approximate surface area is 105 Å². The third kappa shape index (κ3) is 2.34. The molecule has 1 aliphatic heterocycles. The lowest BCUT2D eigenvalue weighted by Crippen LogP contribution is -2.39. The molecule has 1 aliphatic rings. The van der Waals surface area contributed by atoms with E-state index in [1.54, 1.807) is 0 Å². The molecule has 0 amide bonds. The Bertz CT molecular complexity index is 455. The molecule has 0 aromatic carbocycles. The minimum Gasteiger partial charge on any atom is -0.378 e.